The third-order valence-electron chi connectivity index (χ3n) is 1.70. The maximum absolute atomic E-state index is 9.64. The van der Waals surface area contributed by atoms with Crippen molar-refractivity contribution in [3.8, 4) is 0 Å². The molecule has 0 saturated heterocycles. The Kier molecular flexibility index (Phi) is 17.8. The largest absolute Gasteiger partial charge is 0.481 e. The van der Waals surface area contributed by atoms with Crippen molar-refractivity contribution in [3.63, 3.8) is 0 Å². The maximum atomic E-state index is 9.64. The van der Waals surface area contributed by atoms with Crippen molar-refractivity contribution in [3.05, 3.63) is 0 Å². The van der Waals surface area contributed by atoms with Crippen LogP contribution in [0, 0.1) is 0 Å². The van der Waals surface area contributed by atoms with Crippen LogP contribution in [0.3, 0.4) is 0 Å². The highest BCUT2D eigenvalue weighted by Crippen LogP contribution is 1.86. The molecule has 2 N–H and O–H groups in total. The lowest BCUT2D eigenvalue weighted by molar-refractivity contribution is -0.143. The molecule has 0 rings (SSSR count). The van der Waals surface area contributed by atoms with Gasteiger partial charge in [-0.15, -0.1) is 0 Å². The van der Waals surface area contributed by atoms with Crippen LogP contribution < -0.4 is 0 Å². The van der Waals surface area contributed by atoms with Crippen molar-refractivity contribution < 1.29 is 34.0 Å². The number of carbonyl (C=O) groups is 2. The summed E-state index contributed by atoms with van der Waals surface area (Å²) in [5.74, 6) is -2.15. The van der Waals surface area contributed by atoms with E-state index in [0.29, 0.717) is 26.4 Å². The average Bonchev–Trinajstić information content (AvgIpc) is 2.36. The molecule has 0 saturated carbocycles. The van der Waals surface area contributed by atoms with E-state index in [1.165, 1.54) is 0 Å². The molecule has 0 fully saturated rings. The van der Waals surface area contributed by atoms with Crippen molar-refractivity contribution in [1.29, 1.82) is 0 Å². The normalized spacial score (nSPS) is 9.58. The van der Waals surface area contributed by atoms with Crippen molar-refractivity contribution in [2.24, 2.45) is 0 Å². The molecule has 0 radical (unpaired) electrons. The standard InChI is InChI=1S/C8H18O3.C4H6O4/c1-3-9-5-7-11-8-6-10-4-2;5-3(6)1-2-4(7)8/h3-8H2,1-2H3;1-2H2,(H,5,6)(H,7,8). The summed E-state index contributed by atoms with van der Waals surface area (Å²) in [6, 6.07) is 0. The van der Waals surface area contributed by atoms with Crippen LogP contribution in [-0.4, -0.2) is 61.8 Å². The second kappa shape index (κ2) is 16.8. The molecular formula is C12H24O7. The fourth-order valence-electron chi connectivity index (χ4n) is 0.840. The van der Waals surface area contributed by atoms with E-state index in [0.717, 1.165) is 13.2 Å². The molecular weight excluding hydrogens is 256 g/mol. The highest BCUT2D eigenvalue weighted by Gasteiger charge is 2.00. The number of aliphatic carboxylic acids is 2. The third kappa shape index (κ3) is 26.4. The van der Waals surface area contributed by atoms with E-state index in [-0.39, 0.29) is 12.8 Å². The van der Waals surface area contributed by atoms with E-state index in [1.807, 2.05) is 13.8 Å². The minimum atomic E-state index is -1.08. The molecule has 0 atom stereocenters. The third-order valence-corrected chi connectivity index (χ3v) is 1.70. The number of carboxylic acid groups (broad SMARTS) is 2. The Labute approximate surface area is 113 Å². The summed E-state index contributed by atoms with van der Waals surface area (Å²) >= 11 is 0. The summed E-state index contributed by atoms with van der Waals surface area (Å²) in [6.07, 6.45) is -0.593. The second-order valence-corrected chi connectivity index (χ2v) is 3.29. The Morgan fingerprint density at radius 2 is 1.05 bits per heavy atom. The first-order valence-electron chi connectivity index (χ1n) is 6.21. The number of hydrogen-bond acceptors (Lipinski definition) is 5. The van der Waals surface area contributed by atoms with Crippen LogP contribution in [0.4, 0.5) is 0 Å². The Bertz CT molecular complexity index is 196. The molecule has 0 spiro atoms. The molecule has 0 bridgehead atoms. The zero-order chi connectivity index (χ0) is 14.9. The monoisotopic (exact) mass is 280 g/mol. The first kappa shape index (κ1) is 20.1. The molecule has 0 aromatic rings. The minimum absolute atomic E-state index is 0.296. The van der Waals surface area contributed by atoms with Gasteiger partial charge >= 0.3 is 11.9 Å². The molecule has 0 unspecified atom stereocenters. The van der Waals surface area contributed by atoms with Gasteiger partial charge in [-0.2, -0.15) is 0 Å². The van der Waals surface area contributed by atoms with Crippen LogP contribution >= 0.6 is 0 Å². The van der Waals surface area contributed by atoms with Gasteiger partial charge in [0.15, 0.2) is 0 Å². The lowest BCUT2D eigenvalue weighted by Crippen LogP contribution is -2.08. The molecule has 0 aliphatic heterocycles. The summed E-state index contributed by atoms with van der Waals surface area (Å²) in [5, 5.41) is 15.8. The number of carboxylic acids is 2. The fourth-order valence-corrected chi connectivity index (χ4v) is 0.840. The molecule has 0 aromatic heterocycles. The molecule has 0 aliphatic carbocycles. The van der Waals surface area contributed by atoms with Crippen molar-refractivity contribution in [2.45, 2.75) is 26.7 Å². The van der Waals surface area contributed by atoms with Crippen LogP contribution in [-0.2, 0) is 23.8 Å². The van der Waals surface area contributed by atoms with Gasteiger partial charge in [0.2, 0.25) is 0 Å². The predicted octanol–water partition coefficient (Wildman–Crippen LogP) is 1.01. The van der Waals surface area contributed by atoms with E-state index in [2.05, 4.69) is 0 Å². The predicted molar refractivity (Wildman–Crippen MR) is 68.3 cm³/mol. The van der Waals surface area contributed by atoms with Gasteiger partial charge in [-0.05, 0) is 13.8 Å². The summed E-state index contributed by atoms with van der Waals surface area (Å²) in [5.41, 5.74) is 0. The Balaban J connectivity index is 0. The van der Waals surface area contributed by atoms with Crippen molar-refractivity contribution >= 4 is 11.9 Å². The molecule has 0 amide bonds. The molecule has 7 heteroatoms. The maximum Gasteiger partial charge on any atom is 0.303 e. The van der Waals surface area contributed by atoms with E-state index >= 15 is 0 Å². The van der Waals surface area contributed by atoms with Crippen LogP contribution in [0.2, 0.25) is 0 Å². The molecule has 114 valence electrons. The van der Waals surface area contributed by atoms with Crippen molar-refractivity contribution in [2.75, 3.05) is 39.6 Å². The van der Waals surface area contributed by atoms with E-state index in [4.69, 9.17) is 24.4 Å². The van der Waals surface area contributed by atoms with Gasteiger partial charge in [-0.25, -0.2) is 0 Å². The first-order chi connectivity index (χ1) is 9.04. The van der Waals surface area contributed by atoms with Crippen LogP contribution in [0.5, 0.6) is 0 Å². The van der Waals surface area contributed by atoms with E-state index < -0.39 is 11.9 Å². The topological polar surface area (TPSA) is 102 Å². The Hall–Kier alpha value is -1.18. The summed E-state index contributed by atoms with van der Waals surface area (Å²) in [7, 11) is 0. The number of ether oxygens (including phenoxy) is 3. The van der Waals surface area contributed by atoms with Gasteiger partial charge in [0, 0.05) is 13.2 Å². The average molecular weight is 280 g/mol. The van der Waals surface area contributed by atoms with Gasteiger partial charge < -0.3 is 24.4 Å². The van der Waals surface area contributed by atoms with E-state index in [9.17, 15) is 9.59 Å². The summed E-state index contributed by atoms with van der Waals surface area (Å²) in [6.45, 7) is 8.16. The van der Waals surface area contributed by atoms with Gasteiger partial charge in [-0.1, -0.05) is 0 Å². The Morgan fingerprint density at radius 3 is 1.32 bits per heavy atom. The zero-order valence-electron chi connectivity index (χ0n) is 11.6. The Morgan fingerprint density at radius 1 is 0.737 bits per heavy atom. The smallest absolute Gasteiger partial charge is 0.303 e. The molecule has 0 aliphatic rings. The lowest BCUT2D eigenvalue weighted by Gasteiger charge is -2.03. The molecule has 0 aromatic carbocycles. The van der Waals surface area contributed by atoms with E-state index in [1.54, 1.807) is 0 Å². The van der Waals surface area contributed by atoms with Crippen LogP contribution in [0.1, 0.15) is 26.7 Å². The fraction of sp³-hybridized carbons (Fsp3) is 0.833. The highest BCUT2D eigenvalue weighted by atomic mass is 16.5. The van der Waals surface area contributed by atoms with Gasteiger partial charge in [0.1, 0.15) is 0 Å². The van der Waals surface area contributed by atoms with Gasteiger partial charge in [0.05, 0.1) is 39.3 Å². The highest BCUT2D eigenvalue weighted by molar-refractivity contribution is 5.75. The molecule has 0 heterocycles. The minimum Gasteiger partial charge on any atom is -0.481 e. The van der Waals surface area contributed by atoms with Gasteiger partial charge in [-0.3, -0.25) is 9.59 Å². The molecule has 19 heavy (non-hydrogen) atoms. The lowest BCUT2D eigenvalue weighted by atomic mass is 10.3. The summed E-state index contributed by atoms with van der Waals surface area (Å²) < 4.78 is 15.3. The zero-order valence-corrected chi connectivity index (χ0v) is 11.6. The quantitative estimate of drug-likeness (QED) is 0.544. The van der Waals surface area contributed by atoms with Crippen LogP contribution in [0.15, 0.2) is 0 Å². The number of hydrogen-bond donors (Lipinski definition) is 2. The SMILES string of the molecule is CCOCCOCCOCC.O=C(O)CCC(=O)O. The van der Waals surface area contributed by atoms with Gasteiger partial charge in [0.25, 0.3) is 0 Å². The second-order valence-electron chi connectivity index (χ2n) is 3.29. The van der Waals surface area contributed by atoms with Crippen LogP contribution in [0.25, 0.3) is 0 Å². The molecule has 7 nitrogen and oxygen atoms in total. The first-order valence-corrected chi connectivity index (χ1v) is 6.21. The summed E-state index contributed by atoms with van der Waals surface area (Å²) in [4.78, 5) is 19.3. The number of rotatable bonds is 11. The van der Waals surface area contributed by atoms with Crippen molar-refractivity contribution in [1.82, 2.24) is 0 Å².